The van der Waals surface area contributed by atoms with Crippen molar-refractivity contribution in [3.63, 3.8) is 0 Å². The van der Waals surface area contributed by atoms with Crippen molar-refractivity contribution in [2.75, 3.05) is 6.54 Å². The van der Waals surface area contributed by atoms with Crippen LogP contribution in [0.2, 0.25) is 0 Å². The Hall–Kier alpha value is -1.56. The predicted molar refractivity (Wildman–Crippen MR) is 101 cm³/mol. The Kier molecular flexibility index (Phi) is 7.32. The normalized spacial score (nSPS) is 18.5. The summed E-state index contributed by atoms with van der Waals surface area (Å²) < 4.78 is 41.1. The van der Waals surface area contributed by atoms with Crippen LogP contribution in [0.3, 0.4) is 0 Å². The maximum Gasteiger partial charge on any atom is 0.409 e. The van der Waals surface area contributed by atoms with Gasteiger partial charge in [-0.3, -0.25) is 10.2 Å². The summed E-state index contributed by atoms with van der Waals surface area (Å²) in [6, 6.07) is 4.82. The molecule has 6 heteroatoms. The molecule has 1 aromatic rings. The van der Waals surface area contributed by atoms with Crippen molar-refractivity contribution in [1.82, 2.24) is 10.4 Å². The van der Waals surface area contributed by atoms with Gasteiger partial charge in [-0.25, -0.2) is 5.01 Å². The molecular weight excluding hydrogens is 353 g/mol. The fraction of sp³-hybridized carbons (Fsp3) is 0.667. The number of hydrogen-bond donors (Lipinski definition) is 1. The zero-order valence-corrected chi connectivity index (χ0v) is 16.5. The molecule has 0 spiro atoms. The lowest BCUT2D eigenvalue weighted by Crippen LogP contribution is -2.43. The van der Waals surface area contributed by atoms with Crippen LogP contribution >= 0.6 is 0 Å². The van der Waals surface area contributed by atoms with Crippen LogP contribution in [-0.4, -0.2) is 23.6 Å². The molecule has 0 radical (unpaired) electrons. The minimum atomic E-state index is -4.46. The number of halogens is 3. The fourth-order valence-corrected chi connectivity index (χ4v) is 3.50. The third kappa shape index (κ3) is 5.96. The highest BCUT2D eigenvalue weighted by atomic mass is 19.4. The summed E-state index contributed by atoms with van der Waals surface area (Å²) in [4.78, 5) is 11.9. The average molecular weight is 384 g/mol. The number of hydrogen-bond acceptors (Lipinski definition) is 2. The minimum Gasteiger partial charge on any atom is -0.287 e. The van der Waals surface area contributed by atoms with Gasteiger partial charge in [-0.2, -0.15) is 13.2 Å². The van der Waals surface area contributed by atoms with Crippen molar-refractivity contribution in [2.24, 2.45) is 5.41 Å². The van der Waals surface area contributed by atoms with Crippen LogP contribution in [0.25, 0.3) is 0 Å². The molecule has 1 aromatic carbocycles. The first-order valence-corrected chi connectivity index (χ1v) is 9.88. The number of amides is 1. The molecule has 1 N–H and O–H groups in total. The lowest BCUT2D eigenvalue weighted by Gasteiger charge is -2.30. The van der Waals surface area contributed by atoms with Gasteiger partial charge in [0, 0.05) is 6.54 Å². The Morgan fingerprint density at radius 1 is 1.07 bits per heavy atom. The molecule has 0 unspecified atom stereocenters. The molecule has 0 bridgehead atoms. The molecule has 0 saturated carbocycles. The molecule has 27 heavy (non-hydrogen) atoms. The smallest absolute Gasteiger partial charge is 0.287 e. The van der Waals surface area contributed by atoms with Crippen LogP contribution in [0, 0.1) is 5.41 Å². The molecule has 0 aliphatic carbocycles. The summed E-state index contributed by atoms with van der Waals surface area (Å²) in [7, 11) is 0. The molecule has 152 valence electrons. The summed E-state index contributed by atoms with van der Waals surface area (Å²) in [6.07, 6.45) is 3.58. The number of carbonyl (C=O) groups excluding carboxylic acids is 1. The second-order valence-electron chi connectivity index (χ2n) is 8.16. The topological polar surface area (TPSA) is 32.3 Å². The fourth-order valence-electron chi connectivity index (χ4n) is 3.50. The van der Waals surface area contributed by atoms with Crippen molar-refractivity contribution >= 4 is 5.91 Å². The third-order valence-electron chi connectivity index (χ3n) is 5.16. The Morgan fingerprint density at radius 3 is 2.19 bits per heavy atom. The van der Waals surface area contributed by atoms with E-state index >= 15 is 0 Å². The highest BCUT2D eigenvalue weighted by Gasteiger charge is 2.51. The van der Waals surface area contributed by atoms with Gasteiger partial charge < -0.3 is 0 Å². The molecule has 0 aromatic heterocycles. The van der Waals surface area contributed by atoms with Gasteiger partial charge >= 0.3 is 6.18 Å². The first kappa shape index (κ1) is 21.7. The van der Waals surface area contributed by atoms with Gasteiger partial charge in [0.05, 0.1) is 5.41 Å². The molecule has 1 heterocycles. The van der Waals surface area contributed by atoms with Crippen molar-refractivity contribution in [1.29, 1.82) is 0 Å². The highest BCUT2D eigenvalue weighted by molar-refractivity contribution is 5.83. The maximum absolute atomic E-state index is 13.7. The quantitative estimate of drug-likeness (QED) is 0.565. The van der Waals surface area contributed by atoms with E-state index in [0.29, 0.717) is 0 Å². The van der Waals surface area contributed by atoms with E-state index in [1.807, 2.05) is 0 Å². The lowest BCUT2D eigenvalue weighted by atomic mass is 9.93. The van der Waals surface area contributed by atoms with Crippen molar-refractivity contribution in [2.45, 2.75) is 77.9 Å². The monoisotopic (exact) mass is 384 g/mol. The molecule has 2 rings (SSSR count). The number of hydrazine groups is 1. The van der Waals surface area contributed by atoms with E-state index in [4.69, 9.17) is 0 Å². The molecule has 1 aliphatic heterocycles. The molecular formula is C21H31F3N2O. The average Bonchev–Trinajstić information content (AvgIpc) is 2.83. The Balaban J connectivity index is 2.00. The number of nitrogens with one attached hydrogen (secondary N) is 1. The highest BCUT2D eigenvalue weighted by Crippen LogP contribution is 2.40. The minimum absolute atomic E-state index is 0.0233. The van der Waals surface area contributed by atoms with Crippen LogP contribution in [0.5, 0.6) is 0 Å². The van der Waals surface area contributed by atoms with Gasteiger partial charge in [-0.15, -0.1) is 0 Å². The molecule has 1 fully saturated rings. The first-order valence-electron chi connectivity index (χ1n) is 9.88. The zero-order valence-electron chi connectivity index (χ0n) is 16.5. The van der Waals surface area contributed by atoms with E-state index in [-0.39, 0.29) is 18.0 Å². The van der Waals surface area contributed by atoms with Gasteiger partial charge in [0.1, 0.15) is 6.04 Å². The maximum atomic E-state index is 13.7. The standard InChI is InChI=1S/C21H31F3N2O/c1-4-5-6-7-8-9-10-16-11-13-17(14-12-16)18(21(22,23)24)26-15-20(2,3)19(27)25-26/h11-14,18H,4-10,15H2,1-3H3,(H,25,27)/t18-/m0/s1. The first-order chi connectivity index (χ1) is 12.6. The van der Waals surface area contributed by atoms with E-state index in [1.165, 1.54) is 25.7 Å². The number of aryl methyl sites for hydroxylation is 1. The summed E-state index contributed by atoms with van der Waals surface area (Å²) in [5, 5.41) is 1.02. The zero-order chi connectivity index (χ0) is 20.1. The van der Waals surface area contributed by atoms with E-state index < -0.39 is 17.6 Å². The van der Waals surface area contributed by atoms with Crippen LogP contribution in [0.1, 0.15) is 76.5 Å². The predicted octanol–water partition coefficient (Wildman–Crippen LogP) is 5.57. The summed E-state index contributed by atoms with van der Waals surface area (Å²) in [6.45, 7) is 5.51. The Morgan fingerprint density at radius 2 is 1.67 bits per heavy atom. The second kappa shape index (κ2) is 9.09. The number of nitrogens with zero attached hydrogens (tertiary/aromatic N) is 1. The summed E-state index contributed by atoms with van der Waals surface area (Å²) >= 11 is 0. The van der Waals surface area contributed by atoms with Crippen molar-refractivity contribution in [3.05, 3.63) is 35.4 Å². The molecule has 1 atom stereocenters. The van der Waals surface area contributed by atoms with Crippen LogP contribution in [0.15, 0.2) is 24.3 Å². The van der Waals surface area contributed by atoms with E-state index in [0.717, 1.165) is 29.8 Å². The van der Waals surface area contributed by atoms with Gasteiger partial charge in [-0.1, -0.05) is 63.3 Å². The molecule has 1 amide bonds. The lowest BCUT2D eigenvalue weighted by molar-refractivity contribution is -0.191. The van der Waals surface area contributed by atoms with Crippen LogP contribution in [-0.2, 0) is 11.2 Å². The number of unbranched alkanes of at least 4 members (excludes halogenated alkanes) is 5. The van der Waals surface area contributed by atoms with Gasteiger partial charge in [-0.05, 0) is 37.8 Å². The van der Waals surface area contributed by atoms with E-state index in [2.05, 4.69) is 12.3 Å². The molecule has 1 saturated heterocycles. The molecule has 1 aliphatic rings. The van der Waals surface area contributed by atoms with E-state index in [1.54, 1.807) is 38.1 Å². The van der Waals surface area contributed by atoms with Crippen molar-refractivity contribution in [3.8, 4) is 0 Å². The number of alkyl halides is 3. The second-order valence-corrected chi connectivity index (χ2v) is 8.16. The SMILES string of the molecule is CCCCCCCCc1ccc([C@H](N2CC(C)(C)C(=O)N2)C(F)(F)F)cc1. The number of rotatable bonds is 9. The van der Waals surface area contributed by atoms with Crippen LogP contribution in [0.4, 0.5) is 13.2 Å². The van der Waals surface area contributed by atoms with Crippen LogP contribution < -0.4 is 5.43 Å². The Bertz CT molecular complexity index is 611. The van der Waals surface area contributed by atoms with Gasteiger partial charge in [0.2, 0.25) is 5.91 Å². The Labute approximate surface area is 160 Å². The summed E-state index contributed by atoms with van der Waals surface area (Å²) in [5.74, 6) is -0.378. The van der Waals surface area contributed by atoms with E-state index in [9.17, 15) is 18.0 Å². The third-order valence-corrected chi connectivity index (χ3v) is 5.16. The number of carbonyl (C=O) groups is 1. The van der Waals surface area contributed by atoms with Gasteiger partial charge in [0.25, 0.3) is 0 Å². The number of benzene rings is 1. The summed E-state index contributed by atoms with van der Waals surface area (Å²) in [5.41, 5.74) is 2.78. The molecule has 3 nitrogen and oxygen atoms in total. The largest absolute Gasteiger partial charge is 0.409 e. The van der Waals surface area contributed by atoms with Gasteiger partial charge in [0.15, 0.2) is 0 Å². The van der Waals surface area contributed by atoms with Crippen molar-refractivity contribution < 1.29 is 18.0 Å².